The number of aliphatic carboxylic acids is 1. The first-order chi connectivity index (χ1) is 9.98. The second-order valence-corrected chi connectivity index (χ2v) is 5.57. The number of carbonyl (C=O) groups excluding carboxylic acids is 1. The van der Waals surface area contributed by atoms with Crippen LogP contribution < -0.4 is 5.32 Å². The summed E-state index contributed by atoms with van der Waals surface area (Å²) in [4.78, 5) is 29.3. The van der Waals surface area contributed by atoms with E-state index in [0.29, 0.717) is 19.4 Å². The van der Waals surface area contributed by atoms with Gasteiger partial charge in [0.05, 0.1) is 11.5 Å². The number of aromatic nitrogens is 1. The predicted molar refractivity (Wildman–Crippen MR) is 77.7 cm³/mol. The molecule has 2 atom stereocenters. The molecule has 1 fully saturated rings. The number of hydrogen-bond donors (Lipinski definition) is 2. The van der Waals surface area contributed by atoms with Crippen LogP contribution in [0.25, 0.3) is 0 Å². The van der Waals surface area contributed by atoms with Gasteiger partial charge in [-0.05, 0) is 31.4 Å². The minimum absolute atomic E-state index is 0.160. The highest BCUT2D eigenvalue weighted by Crippen LogP contribution is 2.34. The van der Waals surface area contributed by atoms with E-state index in [1.54, 1.807) is 17.3 Å². The zero-order chi connectivity index (χ0) is 15.5. The van der Waals surface area contributed by atoms with Crippen molar-refractivity contribution in [2.24, 2.45) is 5.41 Å². The molecule has 2 rings (SSSR count). The third kappa shape index (κ3) is 3.15. The van der Waals surface area contributed by atoms with Crippen molar-refractivity contribution in [1.29, 1.82) is 0 Å². The van der Waals surface area contributed by atoms with Gasteiger partial charge in [-0.3, -0.25) is 9.78 Å². The lowest BCUT2D eigenvalue weighted by atomic mass is 9.84. The second kappa shape index (κ2) is 6.11. The summed E-state index contributed by atoms with van der Waals surface area (Å²) in [7, 11) is 0. The van der Waals surface area contributed by atoms with Crippen LogP contribution >= 0.6 is 0 Å². The molecule has 114 valence electrons. The van der Waals surface area contributed by atoms with Crippen LogP contribution in [-0.4, -0.2) is 40.1 Å². The van der Waals surface area contributed by atoms with Gasteiger partial charge in [0.1, 0.15) is 0 Å². The number of likely N-dealkylation sites (tertiary alicyclic amines) is 1. The molecule has 1 aromatic heterocycles. The molecule has 2 amide bonds. The number of carbonyl (C=O) groups is 2. The van der Waals surface area contributed by atoms with Gasteiger partial charge in [-0.2, -0.15) is 0 Å². The Bertz CT molecular complexity index is 520. The first-order valence-electron chi connectivity index (χ1n) is 7.17. The Labute approximate surface area is 124 Å². The molecular formula is C15H21N3O3. The van der Waals surface area contributed by atoms with Gasteiger partial charge >= 0.3 is 12.0 Å². The lowest BCUT2D eigenvalue weighted by Crippen LogP contribution is -2.42. The van der Waals surface area contributed by atoms with E-state index in [4.69, 9.17) is 0 Å². The Kier molecular flexibility index (Phi) is 4.45. The smallest absolute Gasteiger partial charge is 0.317 e. The number of carboxylic acids is 1. The van der Waals surface area contributed by atoms with Gasteiger partial charge in [-0.25, -0.2) is 4.79 Å². The Hall–Kier alpha value is -2.11. The highest BCUT2D eigenvalue weighted by Gasteiger charge is 2.44. The molecule has 0 aliphatic carbocycles. The number of nitrogens with one attached hydrogen (secondary N) is 1. The zero-order valence-corrected chi connectivity index (χ0v) is 12.4. The maximum absolute atomic E-state index is 12.3. The molecule has 0 radical (unpaired) electrons. The van der Waals surface area contributed by atoms with Crippen molar-refractivity contribution < 1.29 is 14.7 Å². The summed E-state index contributed by atoms with van der Waals surface area (Å²) >= 11 is 0. The van der Waals surface area contributed by atoms with Gasteiger partial charge in [-0.1, -0.05) is 13.0 Å². The zero-order valence-electron chi connectivity index (χ0n) is 12.4. The minimum atomic E-state index is -0.819. The second-order valence-electron chi connectivity index (χ2n) is 5.57. The average molecular weight is 291 g/mol. The fourth-order valence-corrected chi connectivity index (χ4v) is 2.65. The molecule has 21 heavy (non-hydrogen) atoms. The topological polar surface area (TPSA) is 82.5 Å². The van der Waals surface area contributed by atoms with E-state index < -0.39 is 11.4 Å². The highest BCUT2D eigenvalue weighted by atomic mass is 16.4. The molecule has 2 heterocycles. The molecule has 6 nitrogen and oxygen atoms in total. The van der Waals surface area contributed by atoms with Crippen molar-refractivity contribution in [3.8, 4) is 0 Å². The van der Waals surface area contributed by atoms with Crippen LogP contribution in [0.1, 0.15) is 38.3 Å². The molecule has 0 spiro atoms. The van der Waals surface area contributed by atoms with Gasteiger partial charge in [0.2, 0.25) is 0 Å². The van der Waals surface area contributed by atoms with Crippen LogP contribution in [0, 0.1) is 5.41 Å². The summed E-state index contributed by atoms with van der Waals surface area (Å²) < 4.78 is 0. The summed E-state index contributed by atoms with van der Waals surface area (Å²) in [6.45, 7) is 4.49. The molecule has 1 aromatic rings. The van der Waals surface area contributed by atoms with Gasteiger partial charge in [0, 0.05) is 25.5 Å². The summed E-state index contributed by atoms with van der Waals surface area (Å²) in [6, 6.07) is 3.34. The number of urea groups is 1. The monoisotopic (exact) mass is 291 g/mol. The fourth-order valence-electron chi connectivity index (χ4n) is 2.65. The molecular weight excluding hydrogens is 270 g/mol. The summed E-state index contributed by atoms with van der Waals surface area (Å²) in [5.74, 6) is -0.819. The standard InChI is InChI=1S/C15H21N3O3/c1-3-15(13(19)20)6-8-18(10-15)14(21)17-11(2)12-5-4-7-16-9-12/h4-5,7,9,11H,3,6,8,10H2,1-2H3,(H,17,21)(H,19,20). The third-order valence-corrected chi connectivity index (χ3v) is 4.30. The number of carboxylic acid groups (broad SMARTS) is 1. The van der Waals surface area contributed by atoms with Gasteiger partial charge < -0.3 is 15.3 Å². The normalized spacial score (nSPS) is 22.9. The van der Waals surface area contributed by atoms with E-state index in [2.05, 4.69) is 10.3 Å². The number of nitrogens with zero attached hydrogens (tertiary/aromatic N) is 2. The predicted octanol–water partition coefficient (Wildman–Crippen LogP) is 2.04. The molecule has 2 unspecified atom stereocenters. The Morgan fingerprint density at radius 3 is 2.86 bits per heavy atom. The molecule has 1 saturated heterocycles. The van der Waals surface area contributed by atoms with Crippen LogP contribution in [0.15, 0.2) is 24.5 Å². The maximum Gasteiger partial charge on any atom is 0.317 e. The highest BCUT2D eigenvalue weighted by molar-refractivity contribution is 5.80. The van der Waals surface area contributed by atoms with E-state index in [0.717, 1.165) is 5.56 Å². The molecule has 0 aromatic carbocycles. The summed E-state index contributed by atoms with van der Waals surface area (Å²) in [5.41, 5.74) is 0.125. The van der Waals surface area contributed by atoms with Crippen LogP contribution in [0.2, 0.25) is 0 Å². The van der Waals surface area contributed by atoms with Gasteiger partial charge in [0.25, 0.3) is 0 Å². The van der Waals surface area contributed by atoms with Crippen LogP contribution in [-0.2, 0) is 4.79 Å². The quantitative estimate of drug-likeness (QED) is 0.889. The SMILES string of the molecule is CCC1(C(=O)O)CCN(C(=O)NC(C)c2cccnc2)C1. The molecule has 6 heteroatoms. The molecule has 1 aliphatic heterocycles. The Morgan fingerprint density at radius 2 is 2.33 bits per heavy atom. The Balaban J connectivity index is 1.98. The first kappa shape index (κ1) is 15.3. The van der Waals surface area contributed by atoms with Crippen molar-refractivity contribution in [3.05, 3.63) is 30.1 Å². The average Bonchev–Trinajstić information content (AvgIpc) is 2.94. The van der Waals surface area contributed by atoms with E-state index in [9.17, 15) is 14.7 Å². The minimum Gasteiger partial charge on any atom is -0.481 e. The molecule has 2 N–H and O–H groups in total. The van der Waals surface area contributed by atoms with E-state index in [-0.39, 0.29) is 18.6 Å². The van der Waals surface area contributed by atoms with Crippen molar-refractivity contribution in [3.63, 3.8) is 0 Å². The number of hydrogen-bond acceptors (Lipinski definition) is 3. The largest absolute Gasteiger partial charge is 0.481 e. The Morgan fingerprint density at radius 1 is 1.57 bits per heavy atom. The van der Waals surface area contributed by atoms with E-state index in [1.165, 1.54) is 0 Å². The van der Waals surface area contributed by atoms with Gasteiger partial charge in [-0.15, -0.1) is 0 Å². The summed E-state index contributed by atoms with van der Waals surface area (Å²) in [6.07, 6.45) is 4.43. The fraction of sp³-hybridized carbons (Fsp3) is 0.533. The first-order valence-corrected chi connectivity index (χ1v) is 7.17. The number of rotatable bonds is 4. The van der Waals surface area contributed by atoms with Crippen LogP contribution in [0.4, 0.5) is 4.79 Å². The molecule has 1 aliphatic rings. The van der Waals surface area contributed by atoms with Crippen molar-refractivity contribution in [1.82, 2.24) is 15.2 Å². The molecule has 0 bridgehead atoms. The summed E-state index contributed by atoms with van der Waals surface area (Å²) in [5, 5.41) is 12.2. The molecule has 0 saturated carbocycles. The maximum atomic E-state index is 12.3. The lowest BCUT2D eigenvalue weighted by Gasteiger charge is -2.24. The van der Waals surface area contributed by atoms with E-state index >= 15 is 0 Å². The van der Waals surface area contributed by atoms with Crippen LogP contribution in [0.5, 0.6) is 0 Å². The lowest BCUT2D eigenvalue weighted by molar-refractivity contribution is -0.148. The third-order valence-electron chi connectivity index (χ3n) is 4.30. The van der Waals surface area contributed by atoms with Gasteiger partial charge in [0.15, 0.2) is 0 Å². The number of pyridine rings is 1. The van der Waals surface area contributed by atoms with Crippen molar-refractivity contribution in [2.75, 3.05) is 13.1 Å². The van der Waals surface area contributed by atoms with Crippen molar-refractivity contribution >= 4 is 12.0 Å². The van der Waals surface area contributed by atoms with Crippen molar-refractivity contribution in [2.45, 2.75) is 32.7 Å². The number of amides is 2. The van der Waals surface area contributed by atoms with Crippen LogP contribution in [0.3, 0.4) is 0 Å². The van der Waals surface area contributed by atoms with E-state index in [1.807, 2.05) is 26.0 Å².